The normalized spacial score (nSPS) is 13.9. The number of carboxylic acids is 1. The fourth-order valence-corrected chi connectivity index (χ4v) is 3.67. The van der Waals surface area contributed by atoms with Crippen LogP contribution in [-0.2, 0) is 40.0 Å². The molecule has 4 unspecified atom stereocenters. The fourth-order valence-electron chi connectivity index (χ4n) is 3.67. The molecular weight excluding hydrogens is 516 g/mol. The van der Waals surface area contributed by atoms with Gasteiger partial charge in [-0.05, 0) is 11.6 Å². The van der Waals surface area contributed by atoms with Gasteiger partial charge in [0.2, 0.25) is 35.4 Å². The Balaban J connectivity index is 2.34. The highest BCUT2D eigenvalue weighted by molar-refractivity contribution is 5.97. The van der Waals surface area contributed by atoms with Gasteiger partial charge in [0, 0.05) is 23.5 Å². The largest absolute Gasteiger partial charge is 0.480 e. The van der Waals surface area contributed by atoms with Gasteiger partial charge in [0.1, 0.15) is 18.1 Å². The van der Waals surface area contributed by atoms with Crippen molar-refractivity contribution in [1.82, 2.24) is 20.9 Å². The summed E-state index contributed by atoms with van der Waals surface area (Å²) in [5, 5.41) is 16.8. The number of nitrogens with one attached hydrogen (secondary N) is 4. The Bertz CT molecular complexity index is 1280. The zero-order valence-corrected chi connectivity index (χ0v) is 20.6. The summed E-state index contributed by atoms with van der Waals surface area (Å²) in [5.74, 6) is -7.40. The number of carboxylic acid groups (broad SMARTS) is 1. The number of hydrogen-bond donors (Lipinski definition) is 9. The number of carbonyl (C=O) groups excluding carboxylic acids is 6. The first kappa shape index (κ1) is 30.2. The molecule has 0 aliphatic heterocycles. The van der Waals surface area contributed by atoms with E-state index in [9.17, 15) is 38.7 Å². The van der Waals surface area contributed by atoms with E-state index in [4.69, 9.17) is 22.9 Å². The first-order valence-corrected chi connectivity index (χ1v) is 11.6. The van der Waals surface area contributed by atoms with Crippen molar-refractivity contribution in [1.29, 1.82) is 0 Å². The fraction of sp³-hybridized carbons (Fsp3) is 0.348. The Hall–Kier alpha value is -4.99. The lowest BCUT2D eigenvalue weighted by atomic mass is 10.0. The molecule has 0 spiro atoms. The lowest BCUT2D eigenvalue weighted by molar-refractivity contribution is -0.143. The summed E-state index contributed by atoms with van der Waals surface area (Å²) in [6.07, 6.45) is -0.531. The minimum absolute atomic E-state index is 0.164. The molecule has 16 heteroatoms. The van der Waals surface area contributed by atoms with Crippen molar-refractivity contribution in [2.75, 3.05) is 0 Å². The second-order valence-electron chi connectivity index (χ2n) is 8.70. The Kier molecular flexibility index (Phi) is 10.5. The van der Waals surface area contributed by atoms with Crippen LogP contribution in [-0.4, -0.2) is 75.7 Å². The highest BCUT2D eigenvalue weighted by Gasteiger charge is 2.32. The van der Waals surface area contributed by atoms with Gasteiger partial charge < -0.3 is 49.0 Å². The van der Waals surface area contributed by atoms with E-state index in [-0.39, 0.29) is 6.42 Å². The lowest BCUT2D eigenvalue weighted by Crippen LogP contribution is -2.58. The number of aromatic nitrogens is 1. The molecule has 0 saturated carbocycles. The third kappa shape index (κ3) is 9.12. The average molecular weight is 547 g/mol. The van der Waals surface area contributed by atoms with Crippen molar-refractivity contribution in [3.05, 3.63) is 36.0 Å². The maximum Gasteiger partial charge on any atom is 0.326 e. The molecule has 0 bridgehead atoms. The van der Waals surface area contributed by atoms with Gasteiger partial charge in [0.25, 0.3) is 0 Å². The first-order valence-electron chi connectivity index (χ1n) is 11.6. The van der Waals surface area contributed by atoms with Crippen LogP contribution in [0, 0.1) is 0 Å². The van der Waals surface area contributed by atoms with E-state index in [0.717, 1.165) is 5.52 Å². The van der Waals surface area contributed by atoms with Crippen molar-refractivity contribution in [2.45, 2.75) is 49.9 Å². The molecule has 16 nitrogen and oxygen atoms in total. The minimum Gasteiger partial charge on any atom is -0.480 e. The van der Waals surface area contributed by atoms with E-state index in [2.05, 4.69) is 20.9 Å². The third-order valence-corrected chi connectivity index (χ3v) is 5.55. The lowest BCUT2D eigenvalue weighted by Gasteiger charge is -2.24. The number of primary amides is 3. The van der Waals surface area contributed by atoms with E-state index in [0.29, 0.717) is 10.9 Å². The summed E-state index contributed by atoms with van der Waals surface area (Å²) in [5.41, 5.74) is 22.2. The second kappa shape index (κ2) is 13.5. The summed E-state index contributed by atoms with van der Waals surface area (Å²) in [6.45, 7) is 0. The standard InChI is InChI=1S/C23H30N8O8/c24-12(6-17(25)32)20(35)29-15(7-18(26)33)22(37)30-14(21(36)31-16(23(38)39)8-19(27)34)5-10-9-28-13-4-2-1-3-11(10)13/h1-4,9,12,14-16,28H,5-8,24H2,(H2,25,32)(H2,26,33)(H2,27,34)(H,29,35)(H,30,37)(H,31,36)(H,38,39). The minimum atomic E-state index is -1.69. The monoisotopic (exact) mass is 546 g/mol. The van der Waals surface area contributed by atoms with Crippen molar-refractivity contribution in [3.8, 4) is 0 Å². The molecule has 39 heavy (non-hydrogen) atoms. The van der Waals surface area contributed by atoms with Crippen LogP contribution in [0.3, 0.4) is 0 Å². The molecule has 0 radical (unpaired) electrons. The molecular formula is C23H30N8O8. The topological polar surface area (TPSA) is 296 Å². The number of aliphatic carboxylic acids is 1. The molecule has 210 valence electrons. The van der Waals surface area contributed by atoms with Gasteiger partial charge in [0.15, 0.2) is 0 Å². The van der Waals surface area contributed by atoms with Crippen LogP contribution in [0.15, 0.2) is 30.5 Å². The number of rotatable bonds is 15. The smallest absolute Gasteiger partial charge is 0.326 e. The molecule has 1 aromatic heterocycles. The highest BCUT2D eigenvalue weighted by Crippen LogP contribution is 2.19. The quantitative estimate of drug-likeness (QED) is 0.106. The Labute approximate surface area is 221 Å². The highest BCUT2D eigenvalue weighted by atomic mass is 16.4. The number of aromatic amines is 1. The van der Waals surface area contributed by atoms with Gasteiger partial charge in [-0.1, -0.05) is 18.2 Å². The van der Waals surface area contributed by atoms with E-state index < -0.39 is 84.8 Å². The zero-order chi connectivity index (χ0) is 29.3. The number of fused-ring (bicyclic) bond motifs is 1. The van der Waals surface area contributed by atoms with Crippen molar-refractivity contribution >= 4 is 52.3 Å². The van der Waals surface area contributed by atoms with Gasteiger partial charge >= 0.3 is 5.97 Å². The van der Waals surface area contributed by atoms with Gasteiger partial charge in [-0.15, -0.1) is 0 Å². The molecule has 13 N–H and O–H groups in total. The van der Waals surface area contributed by atoms with Crippen LogP contribution in [0.2, 0.25) is 0 Å². The molecule has 1 heterocycles. The number of para-hydroxylation sites is 1. The Morgan fingerprint density at radius 1 is 0.744 bits per heavy atom. The second-order valence-corrected chi connectivity index (χ2v) is 8.70. The van der Waals surface area contributed by atoms with E-state index >= 15 is 0 Å². The van der Waals surface area contributed by atoms with E-state index in [1.807, 2.05) is 0 Å². The number of benzene rings is 1. The van der Waals surface area contributed by atoms with Crippen LogP contribution in [0.5, 0.6) is 0 Å². The molecule has 2 rings (SSSR count). The summed E-state index contributed by atoms with van der Waals surface area (Å²) in [7, 11) is 0. The van der Waals surface area contributed by atoms with E-state index in [1.165, 1.54) is 0 Å². The Morgan fingerprint density at radius 2 is 1.26 bits per heavy atom. The molecule has 0 saturated heterocycles. The van der Waals surface area contributed by atoms with Crippen LogP contribution < -0.4 is 38.9 Å². The molecule has 6 amide bonds. The van der Waals surface area contributed by atoms with Crippen molar-refractivity contribution in [3.63, 3.8) is 0 Å². The van der Waals surface area contributed by atoms with Crippen molar-refractivity contribution < 1.29 is 38.7 Å². The summed E-state index contributed by atoms with van der Waals surface area (Å²) in [6, 6.07) is 0.872. The average Bonchev–Trinajstić information content (AvgIpc) is 3.24. The summed E-state index contributed by atoms with van der Waals surface area (Å²) < 4.78 is 0. The van der Waals surface area contributed by atoms with E-state index in [1.54, 1.807) is 30.5 Å². The first-order chi connectivity index (χ1) is 18.3. The van der Waals surface area contributed by atoms with Gasteiger partial charge in [0.05, 0.1) is 25.3 Å². The van der Waals surface area contributed by atoms with Crippen LogP contribution >= 0.6 is 0 Å². The molecule has 4 atom stereocenters. The molecule has 0 fully saturated rings. The predicted molar refractivity (Wildman–Crippen MR) is 135 cm³/mol. The van der Waals surface area contributed by atoms with Gasteiger partial charge in [-0.25, -0.2) is 4.79 Å². The number of amides is 6. The summed E-state index contributed by atoms with van der Waals surface area (Å²) in [4.78, 5) is 87.1. The number of carbonyl (C=O) groups is 7. The maximum absolute atomic E-state index is 13.1. The summed E-state index contributed by atoms with van der Waals surface area (Å²) >= 11 is 0. The predicted octanol–water partition coefficient (Wildman–Crippen LogP) is -3.80. The SMILES string of the molecule is NC(=O)CC(N)C(=O)NC(CC(N)=O)C(=O)NC(Cc1c[nH]c2ccccc12)C(=O)NC(CC(N)=O)C(=O)O. The van der Waals surface area contributed by atoms with Gasteiger partial charge in [-0.2, -0.15) is 0 Å². The molecule has 2 aromatic rings. The zero-order valence-electron chi connectivity index (χ0n) is 20.6. The Morgan fingerprint density at radius 3 is 1.85 bits per heavy atom. The van der Waals surface area contributed by atoms with Crippen LogP contribution in [0.25, 0.3) is 10.9 Å². The van der Waals surface area contributed by atoms with Crippen LogP contribution in [0.4, 0.5) is 0 Å². The van der Waals surface area contributed by atoms with Crippen molar-refractivity contribution in [2.24, 2.45) is 22.9 Å². The number of hydrogen-bond acceptors (Lipinski definition) is 8. The maximum atomic E-state index is 13.1. The third-order valence-electron chi connectivity index (χ3n) is 5.55. The van der Waals surface area contributed by atoms with Gasteiger partial charge in [-0.3, -0.25) is 28.8 Å². The molecule has 0 aliphatic rings. The van der Waals surface area contributed by atoms with Crippen LogP contribution in [0.1, 0.15) is 24.8 Å². The number of H-pyrrole nitrogens is 1. The molecule has 1 aromatic carbocycles. The molecule has 0 aliphatic carbocycles. The number of nitrogens with two attached hydrogens (primary N) is 4.